The molecule has 0 saturated heterocycles. The molecule has 1 atom stereocenters. The highest BCUT2D eigenvalue weighted by Gasteiger charge is 2.20. The standard InChI is InChI=1S/C14H20O.C3H6O2.C2H6/c1-3-5-11-8-9-13-12(10-11)6-4-7-14(13)15-2;1-3(5)2-4;1-2/h4,6-7,11H,3,5,8-10H2,1-2H3;4H,2H2,1H3;1-2H3/t11-;;/m0../s1. The Labute approximate surface area is 135 Å². The van der Waals surface area contributed by atoms with Crippen molar-refractivity contribution in [2.24, 2.45) is 5.92 Å². The number of hydrogen-bond acceptors (Lipinski definition) is 3. The monoisotopic (exact) mass is 308 g/mol. The van der Waals surface area contributed by atoms with E-state index in [0.717, 1.165) is 11.7 Å². The fraction of sp³-hybridized carbons (Fsp3) is 0.632. The number of ketones is 1. The van der Waals surface area contributed by atoms with Crippen LogP contribution in [-0.2, 0) is 17.6 Å². The summed E-state index contributed by atoms with van der Waals surface area (Å²) in [5, 5.41) is 7.79. The Morgan fingerprint density at radius 1 is 1.36 bits per heavy atom. The molecule has 3 heteroatoms. The Morgan fingerprint density at radius 2 is 2.00 bits per heavy atom. The first-order valence-electron chi connectivity index (χ1n) is 8.37. The van der Waals surface area contributed by atoms with Crippen LogP contribution >= 0.6 is 0 Å². The van der Waals surface area contributed by atoms with Gasteiger partial charge in [0, 0.05) is 0 Å². The molecule has 126 valence electrons. The van der Waals surface area contributed by atoms with Gasteiger partial charge in [-0.25, -0.2) is 0 Å². The largest absolute Gasteiger partial charge is 0.496 e. The van der Waals surface area contributed by atoms with E-state index in [2.05, 4.69) is 25.1 Å². The molecule has 0 amide bonds. The average Bonchev–Trinajstić information content (AvgIpc) is 2.56. The third kappa shape index (κ3) is 7.08. The minimum absolute atomic E-state index is 0.190. The van der Waals surface area contributed by atoms with E-state index < -0.39 is 0 Å². The predicted molar refractivity (Wildman–Crippen MR) is 92.5 cm³/mol. The number of ether oxygens (including phenoxy) is 1. The van der Waals surface area contributed by atoms with Crippen molar-refractivity contribution in [1.82, 2.24) is 0 Å². The molecule has 0 fully saturated rings. The van der Waals surface area contributed by atoms with Gasteiger partial charge in [-0.3, -0.25) is 4.79 Å². The molecular formula is C19H32O3. The van der Waals surface area contributed by atoms with Crippen LogP contribution < -0.4 is 4.74 Å². The first kappa shape index (κ1) is 20.6. The highest BCUT2D eigenvalue weighted by molar-refractivity contribution is 5.76. The van der Waals surface area contributed by atoms with Gasteiger partial charge in [0.25, 0.3) is 0 Å². The van der Waals surface area contributed by atoms with Gasteiger partial charge in [0.2, 0.25) is 0 Å². The number of carbonyl (C=O) groups excluding carboxylic acids is 1. The molecule has 1 aliphatic carbocycles. The molecule has 0 saturated carbocycles. The maximum Gasteiger partial charge on any atom is 0.155 e. The third-order valence-electron chi connectivity index (χ3n) is 3.68. The van der Waals surface area contributed by atoms with Crippen LogP contribution in [0.3, 0.4) is 0 Å². The van der Waals surface area contributed by atoms with E-state index in [0.29, 0.717) is 0 Å². The number of carbonyl (C=O) groups is 1. The molecule has 22 heavy (non-hydrogen) atoms. The van der Waals surface area contributed by atoms with Gasteiger partial charge in [0.15, 0.2) is 5.78 Å². The lowest BCUT2D eigenvalue weighted by molar-refractivity contribution is -0.119. The molecule has 1 N–H and O–H groups in total. The van der Waals surface area contributed by atoms with Crippen molar-refractivity contribution in [3.05, 3.63) is 29.3 Å². The van der Waals surface area contributed by atoms with E-state index in [-0.39, 0.29) is 12.4 Å². The van der Waals surface area contributed by atoms with Gasteiger partial charge in [0.05, 0.1) is 7.11 Å². The number of benzene rings is 1. The smallest absolute Gasteiger partial charge is 0.155 e. The van der Waals surface area contributed by atoms with Crippen LogP contribution in [-0.4, -0.2) is 24.6 Å². The third-order valence-corrected chi connectivity index (χ3v) is 3.68. The number of rotatable bonds is 4. The SMILES string of the molecule is CC.CC(=O)CO.CCC[C@H]1CCc2c(cccc2OC)C1. The van der Waals surface area contributed by atoms with Crippen molar-refractivity contribution < 1.29 is 14.6 Å². The quantitative estimate of drug-likeness (QED) is 0.907. The lowest BCUT2D eigenvalue weighted by Crippen LogP contribution is -2.14. The van der Waals surface area contributed by atoms with Gasteiger partial charge >= 0.3 is 0 Å². The van der Waals surface area contributed by atoms with Gasteiger partial charge in [-0.1, -0.05) is 45.7 Å². The molecule has 0 bridgehead atoms. The van der Waals surface area contributed by atoms with E-state index in [1.807, 2.05) is 13.8 Å². The van der Waals surface area contributed by atoms with Gasteiger partial charge in [-0.2, -0.15) is 0 Å². The van der Waals surface area contributed by atoms with Crippen LogP contribution in [0.2, 0.25) is 0 Å². The molecule has 0 unspecified atom stereocenters. The molecule has 0 aromatic heterocycles. The maximum absolute atomic E-state index is 9.56. The van der Waals surface area contributed by atoms with Gasteiger partial charge in [0.1, 0.15) is 12.4 Å². The topological polar surface area (TPSA) is 46.5 Å². The molecule has 0 spiro atoms. The van der Waals surface area contributed by atoms with Crippen LogP contribution in [0.4, 0.5) is 0 Å². The molecule has 1 aliphatic rings. The van der Waals surface area contributed by atoms with Crippen LogP contribution in [0.1, 0.15) is 58.1 Å². The summed E-state index contributed by atoms with van der Waals surface area (Å²) in [6.45, 7) is 7.28. The minimum atomic E-state index is -0.333. The zero-order chi connectivity index (χ0) is 17.0. The van der Waals surface area contributed by atoms with Gasteiger partial charge < -0.3 is 9.84 Å². The fourth-order valence-corrected chi connectivity index (χ4v) is 2.69. The summed E-state index contributed by atoms with van der Waals surface area (Å²) >= 11 is 0. The van der Waals surface area contributed by atoms with Crippen LogP contribution in [0.15, 0.2) is 18.2 Å². The molecule has 3 nitrogen and oxygen atoms in total. The second kappa shape index (κ2) is 12.2. The normalized spacial score (nSPS) is 15.5. The van der Waals surface area contributed by atoms with E-state index in [9.17, 15) is 4.79 Å². The van der Waals surface area contributed by atoms with Crippen LogP contribution in [0, 0.1) is 5.92 Å². The first-order chi connectivity index (χ1) is 10.6. The number of aliphatic hydroxyl groups is 1. The number of aliphatic hydroxyl groups excluding tert-OH is 1. The predicted octanol–water partition coefficient (Wildman–Crippen LogP) is 4.19. The van der Waals surface area contributed by atoms with Crippen molar-refractivity contribution >= 4 is 5.78 Å². The summed E-state index contributed by atoms with van der Waals surface area (Å²) in [5.74, 6) is 1.79. The van der Waals surface area contributed by atoms with Crippen LogP contribution in [0.5, 0.6) is 5.75 Å². The Morgan fingerprint density at radius 3 is 2.50 bits per heavy atom. The summed E-state index contributed by atoms with van der Waals surface area (Å²) in [4.78, 5) is 9.56. The molecular weight excluding hydrogens is 276 g/mol. The van der Waals surface area contributed by atoms with Crippen LogP contribution in [0.25, 0.3) is 0 Å². The minimum Gasteiger partial charge on any atom is -0.496 e. The summed E-state index contributed by atoms with van der Waals surface area (Å²) in [7, 11) is 1.77. The van der Waals surface area contributed by atoms with Crippen molar-refractivity contribution in [3.8, 4) is 5.75 Å². The van der Waals surface area contributed by atoms with Crippen molar-refractivity contribution in [1.29, 1.82) is 0 Å². The molecule has 2 rings (SSSR count). The summed E-state index contributed by atoms with van der Waals surface area (Å²) < 4.78 is 5.41. The number of fused-ring (bicyclic) bond motifs is 1. The number of methoxy groups -OCH3 is 1. The zero-order valence-corrected chi connectivity index (χ0v) is 14.8. The summed E-state index contributed by atoms with van der Waals surface area (Å²) in [6, 6.07) is 6.46. The Bertz CT molecular complexity index is 427. The first-order valence-corrected chi connectivity index (χ1v) is 8.37. The van der Waals surface area contributed by atoms with E-state index in [4.69, 9.17) is 9.84 Å². The molecule has 0 radical (unpaired) electrons. The van der Waals surface area contributed by atoms with E-state index >= 15 is 0 Å². The fourth-order valence-electron chi connectivity index (χ4n) is 2.69. The van der Waals surface area contributed by atoms with E-state index in [1.165, 1.54) is 50.2 Å². The lowest BCUT2D eigenvalue weighted by atomic mass is 9.81. The molecule has 0 heterocycles. The second-order valence-corrected chi connectivity index (χ2v) is 5.36. The number of hydrogen-bond donors (Lipinski definition) is 1. The molecule has 1 aromatic rings. The Hall–Kier alpha value is -1.35. The van der Waals surface area contributed by atoms with Crippen molar-refractivity contribution in [3.63, 3.8) is 0 Å². The second-order valence-electron chi connectivity index (χ2n) is 5.36. The summed E-state index contributed by atoms with van der Waals surface area (Å²) in [5.41, 5.74) is 2.96. The average molecular weight is 308 g/mol. The summed E-state index contributed by atoms with van der Waals surface area (Å²) in [6.07, 6.45) is 6.46. The van der Waals surface area contributed by atoms with Gasteiger partial charge in [-0.05, 0) is 49.3 Å². The zero-order valence-electron chi connectivity index (χ0n) is 14.8. The maximum atomic E-state index is 9.56. The Kier molecular flexibility index (Phi) is 11.5. The molecule has 1 aromatic carbocycles. The Balaban J connectivity index is 0.000000540. The van der Waals surface area contributed by atoms with E-state index in [1.54, 1.807) is 7.11 Å². The lowest BCUT2D eigenvalue weighted by Gasteiger charge is -2.25. The highest BCUT2D eigenvalue weighted by Crippen LogP contribution is 2.33. The van der Waals surface area contributed by atoms with Crippen molar-refractivity contribution in [2.45, 2.75) is 59.8 Å². The number of Topliss-reactive ketones (excluding diaryl/α,β-unsaturated/α-hetero) is 1. The van der Waals surface area contributed by atoms with Gasteiger partial charge in [-0.15, -0.1) is 0 Å². The van der Waals surface area contributed by atoms with Crippen molar-refractivity contribution in [2.75, 3.05) is 13.7 Å². The molecule has 0 aliphatic heterocycles. The highest BCUT2D eigenvalue weighted by atomic mass is 16.5.